The van der Waals surface area contributed by atoms with Gasteiger partial charge in [-0.1, -0.05) is 35.5 Å². The minimum absolute atomic E-state index is 0.0749. The Morgan fingerprint density at radius 2 is 1.91 bits per heavy atom. The topological polar surface area (TPSA) is 74.1 Å². The molecule has 1 aliphatic rings. The molecule has 0 atom stereocenters. The van der Waals surface area contributed by atoms with Gasteiger partial charge in [-0.05, 0) is 68.8 Å². The molecule has 0 radical (unpaired) electrons. The molecule has 2 aromatic heterocycles. The molecule has 0 fully saturated rings. The molecule has 0 saturated carbocycles. The van der Waals surface area contributed by atoms with E-state index in [0.717, 1.165) is 16.8 Å². The van der Waals surface area contributed by atoms with E-state index in [-0.39, 0.29) is 22.7 Å². The van der Waals surface area contributed by atoms with E-state index in [0.29, 0.717) is 45.5 Å². The lowest BCUT2D eigenvalue weighted by Gasteiger charge is -2.31. The average molecular weight is 506 g/mol. The number of carbonyl (C=O) groups is 1. The normalized spacial score (nSPS) is 14.6. The van der Waals surface area contributed by atoms with E-state index in [1.165, 1.54) is 11.8 Å². The Kier molecular flexibility index (Phi) is 6.25. The minimum atomic E-state index is -0.327. The smallest absolute Gasteiger partial charge is 0.268 e. The lowest BCUT2D eigenvalue weighted by Crippen LogP contribution is -2.33. The molecule has 0 spiro atoms. The Bertz CT molecular complexity index is 1510. The number of fused-ring (bicyclic) bond motifs is 2. The summed E-state index contributed by atoms with van der Waals surface area (Å²) >= 11 is 7.18. The minimum Gasteiger partial charge on any atom is -0.370 e. The molecule has 0 amide bonds. The number of Topliss-reactive ketones (excluding diaryl/α,β-unsaturated/α-hetero) is 1. The highest BCUT2D eigenvalue weighted by atomic mass is 35.5. The van der Waals surface area contributed by atoms with Crippen molar-refractivity contribution in [1.82, 2.24) is 14.5 Å². The average Bonchev–Trinajstić information content (AvgIpc) is 2.81. The van der Waals surface area contributed by atoms with E-state index in [1.807, 2.05) is 51.1 Å². The fraction of sp³-hybridized carbons (Fsp3) is 0.259. The van der Waals surface area contributed by atoms with Gasteiger partial charge in [0.05, 0.1) is 34.7 Å². The third-order valence-corrected chi connectivity index (χ3v) is 7.16. The number of thioether (sulfide) groups is 1. The van der Waals surface area contributed by atoms with Crippen LogP contribution < -0.4 is 5.56 Å². The van der Waals surface area contributed by atoms with Crippen LogP contribution in [0.3, 0.4) is 0 Å². The molecule has 0 N–H and O–H groups in total. The molecule has 1 aliphatic heterocycles. The number of ketones is 1. The van der Waals surface area contributed by atoms with Gasteiger partial charge in [0.2, 0.25) is 0 Å². The largest absolute Gasteiger partial charge is 0.370 e. The molecule has 4 aromatic rings. The predicted octanol–water partition coefficient (Wildman–Crippen LogP) is 5.57. The van der Waals surface area contributed by atoms with E-state index >= 15 is 0 Å². The van der Waals surface area contributed by atoms with Gasteiger partial charge in [-0.25, -0.2) is 9.97 Å². The summed E-state index contributed by atoms with van der Waals surface area (Å²) in [4.78, 5) is 36.1. The van der Waals surface area contributed by atoms with Crippen LogP contribution >= 0.6 is 23.4 Å². The molecule has 6 nitrogen and oxygen atoms in total. The summed E-state index contributed by atoms with van der Waals surface area (Å²) in [5.41, 5.74) is 3.91. The fourth-order valence-corrected chi connectivity index (χ4v) is 5.14. The lowest BCUT2D eigenvalue weighted by molar-refractivity contribution is -0.0411. The first-order chi connectivity index (χ1) is 16.7. The van der Waals surface area contributed by atoms with Gasteiger partial charge in [0.25, 0.3) is 5.56 Å². The van der Waals surface area contributed by atoms with Gasteiger partial charge >= 0.3 is 0 Å². The summed E-state index contributed by atoms with van der Waals surface area (Å²) < 4.78 is 7.50. The van der Waals surface area contributed by atoms with Gasteiger partial charge in [0.15, 0.2) is 16.6 Å². The number of ether oxygens (including phenoxy) is 1. The first-order valence-corrected chi connectivity index (χ1v) is 12.6. The van der Waals surface area contributed by atoms with Crippen molar-refractivity contribution in [3.05, 3.63) is 92.4 Å². The molecule has 0 aliphatic carbocycles. The first kappa shape index (κ1) is 23.7. The lowest BCUT2D eigenvalue weighted by atomic mass is 9.95. The highest BCUT2D eigenvalue weighted by Gasteiger charge is 2.28. The van der Waals surface area contributed by atoms with Crippen molar-refractivity contribution in [3.63, 3.8) is 0 Å². The summed E-state index contributed by atoms with van der Waals surface area (Å²) in [5, 5.41) is 1.43. The Morgan fingerprint density at radius 3 is 2.66 bits per heavy atom. The van der Waals surface area contributed by atoms with Crippen LogP contribution in [0, 0.1) is 6.92 Å². The van der Waals surface area contributed by atoms with E-state index in [2.05, 4.69) is 0 Å². The zero-order valence-corrected chi connectivity index (χ0v) is 21.2. The van der Waals surface area contributed by atoms with Gasteiger partial charge in [0.1, 0.15) is 0 Å². The number of halogens is 1. The van der Waals surface area contributed by atoms with Crippen LogP contribution in [0.15, 0.2) is 64.5 Å². The Hall–Kier alpha value is -3.00. The number of hydrogen-bond acceptors (Lipinski definition) is 6. The Labute approximate surface area is 212 Å². The molecule has 3 heterocycles. The number of aromatic nitrogens is 3. The second-order valence-corrected chi connectivity index (χ2v) is 10.7. The molecule has 0 unspecified atom stereocenters. The maximum atomic E-state index is 13.8. The molecule has 8 heteroatoms. The van der Waals surface area contributed by atoms with E-state index in [1.54, 1.807) is 28.8 Å². The molecular formula is C27H24ClN3O3S. The number of rotatable bonds is 5. The highest BCUT2D eigenvalue weighted by molar-refractivity contribution is 7.99. The Balaban J connectivity index is 1.61. The van der Waals surface area contributed by atoms with E-state index < -0.39 is 0 Å². The van der Waals surface area contributed by atoms with Crippen LogP contribution in [-0.2, 0) is 17.8 Å². The summed E-state index contributed by atoms with van der Waals surface area (Å²) in [6.45, 7) is 6.42. The summed E-state index contributed by atoms with van der Waals surface area (Å²) in [7, 11) is 0. The number of aryl methyl sites for hydroxylation is 1. The van der Waals surface area contributed by atoms with Gasteiger partial charge in [0, 0.05) is 22.6 Å². The van der Waals surface area contributed by atoms with Crippen LogP contribution in [0.1, 0.15) is 41.0 Å². The predicted molar refractivity (Wildman–Crippen MR) is 139 cm³/mol. The number of benzene rings is 2. The van der Waals surface area contributed by atoms with Crippen LogP contribution in [0.2, 0.25) is 5.02 Å². The van der Waals surface area contributed by atoms with Crippen LogP contribution in [0.4, 0.5) is 0 Å². The van der Waals surface area contributed by atoms with Crippen molar-refractivity contribution in [2.75, 3.05) is 5.75 Å². The van der Waals surface area contributed by atoms with E-state index in [4.69, 9.17) is 26.3 Å². The molecule has 2 aromatic carbocycles. The first-order valence-electron chi connectivity index (χ1n) is 11.3. The van der Waals surface area contributed by atoms with Gasteiger partial charge in [-0.3, -0.25) is 14.2 Å². The van der Waals surface area contributed by atoms with Crippen LogP contribution in [0.25, 0.3) is 16.7 Å². The van der Waals surface area contributed by atoms with Gasteiger partial charge in [-0.15, -0.1) is 0 Å². The third kappa shape index (κ3) is 4.89. The maximum Gasteiger partial charge on any atom is 0.268 e. The summed E-state index contributed by atoms with van der Waals surface area (Å²) in [5.74, 6) is 0.0473. The van der Waals surface area contributed by atoms with Crippen LogP contribution in [0.5, 0.6) is 0 Å². The van der Waals surface area contributed by atoms with Gasteiger partial charge in [-0.2, -0.15) is 0 Å². The van der Waals surface area contributed by atoms with E-state index in [9.17, 15) is 9.59 Å². The number of pyridine rings is 1. The van der Waals surface area contributed by atoms with Crippen molar-refractivity contribution in [1.29, 1.82) is 0 Å². The molecule has 178 valence electrons. The second-order valence-electron chi connectivity index (χ2n) is 9.28. The third-order valence-electron chi connectivity index (χ3n) is 5.97. The van der Waals surface area contributed by atoms with Crippen molar-refractivity contribution >= 4 is 40.2 Å². The molecule has 35 heavy (non-hydrogen) atoms. The standard InChI is InChI=1S/C27H24ClN3O3S/c1-16-5-4-6-20(11-16)31-25(33)21-12-18-14-34-27(2,3)13-22(18)29-24(21)30-26(31)35-15-23(32)17-7-9-19(28)10-8-17/h4-12H,13-15H2,1-3H3. The Morgan fingerprint density at radius 1 is 1.14 bits per heavy atom. The maximum absolute atomic E-state index is 13.8. The zero-order valence-electron chi connectivity index (χ0n) is 19.7. The number of hydrogen-bond donors (Lipinski definition) is 0. The molecule has 0 saturated heterocycles. The number of carbonyl (C=O) groups excluding carboxylic acids is 1. The van der Waals surface area contributed by atoms with Crippen molar-refractivity contribution < 1.29 is 9.53 Å². The molecule has 5 rings (SSSR count). The highest BCUT2D eigenvalue weighted by Crippen LogP contribution is 2.29. The quantitative estimate of drug-likeness (QED) is 0.200. The van der Waals surface area contributed by atoms with Crippen molar-refractivity contribution in [3.8, 4) is 5.69 Å². The molecular weight excluding hydrogens is 482 g/mol. The van der Waals surface area contributed by atoms with Gasteiger partial charge < -0.3 is 4.74 Å². The SMILES string of the molecule is Cc1cccc(-n2c(SCC(=O)c3ccc(Cl)cc3)nc3nc4c(cc3c2=O)COC(C)(C)C4)c1. The van der Waals surface area contributed by atoms with Crippen molar-refractivity contribution in [2.45, 2.75) is 44.6 Å². The summed E-state index contributed by atoms with van der Waals surface area (Å²) in [6.07, 6.45) is 0.637. The number of nitrogens with zero attached hydrogens (tertiary/aromatic N) is 3. The van der Waals surface area contributed by atoms with Crippen molar-refractivity contribution in [2.24, 2.45) is 0 Å². The molecule has 0 bridgehead atoms. The zero-order chi connectivity index (χ0) is 24.7. The monoisotopic (exact) mass is 505 g/mol. The second kappa shape index (κ2) is 9.22. The fourth-order valence-electron chi connectivity index (χ4n) is 4.12. The summed E-state index contributed by atoms with van der Waals surface area (Å²) in [6, 6.07) is 16.3. The van der Waals surface area contributed by atoms with Crippen LogP contribution in [-0.4, -0.2) is 31.7 Å².